The Morgan fingerprint density at radius 3 is 2.76 bits per heavy atom. The van der Waals surface area contributed by atoms with E-state index < -0.39 is 0 Å². The summed E-state index contributed by atoms with van der Waals surface area (Å²) >= 11 is 9.37. The Bertz CT molecular complexity index is 525. The zero-order chi connectivity index (χ0) is 12.3. The van der Waals surface area contributed by atoms with Crippen LogP contribution in [0.3, 0.4) is 0 Å². The molecule has 0 fully saturated rings. The fourth-order valence-corrected chi connectivity index (χ4v) is 2.13. The van der Waals surface area contributed by atoms with Crippen LogP contribution in [0.15, 0.2) is 46.9 Å². The van der Waals surface area contributed by atoms with Crippen molar-refractivity contribution in [3.8, 4) is 5.75 Å². The van der Waals surface area contributed by atoms with Gasteiger partial charge < -0.3 is 4.74 Å². The van der Waals surface area contributed by atoms with Crippen LogP contribution in [0.5, 0.6) is 5.75 Å². The predicted octanol–water partition coefficient (Wildman–Crippen LogP) is 4.99. The topological polar surface area (TPSA) is 9.23 Å². The van der Waals surface area contributed by atoms with Crippen LogP contribution < -0.4 is 4.74 Å². The molecule has 0 aliphatic carbocycles. The van der Waals surface area contributed by atoms with Gasteiger partial charge in [0.2, 0.25) is 0 Å². The Balaban J connectivity index is 2.09. The smallest absolute Gasteiger partial charge is 0.124 e. The van der Waals surface area contributed by atoms with E-state index in [4.69, 9.17) is 16.3 Å². The minimum atomic E-state index is 0.542. The van der Waals surface area contributed by atoms with Gasteiger partial charge in [-0.25, -0.2) is 0 Å². The minimum Gasteiger partial charge on any atom is -0.489 e. The Hall–Kier alpha value is -0.990. The van der Waals surface area contributed by atoms with Crippen LogP contribution in [0.4, 0.5) is 0 Å². The fraction of sp³-hybridized carbons (Fsp3) is 0.143. The van der Waals surface area contributed by atoms with E-state index in [1.54, 1.807) is 0 Å². The van der Waals surface area contributed by atoms with Crippen LogP contribution in [0.25, 0.3) is 0 Å². The van der Waals surface area contributed by atoms with Gasteiger partial charge >= 0.3 is 0 Å². The lowest BCUT2D eigenvalue weighted by Gasteiger charge is -2.09. The van der Waals surface area contributed by atoms with Crippen LogP contribution in [-0.2, 0) is 6.61 Å². The average molecular weight is 312 g/mol. The Labute approximate surface area is 115 Å². The van der Waals surface area contributed by atoms with E-state index in [-0.39, 0.29) is 0 Å². The molecule has 0 amide bonds. The highest BCUT2D eigenvalue weighted by Crippen LogP contribution is 2.23. The second-order valence-electron chi connectivity index (χ2n) is 3.83. The summed E-state index contributed by atoms with van der Waals surface area (Å²) in [6.45, 7) is 2.55. The highest BCUT2D eigenvalue weighted by molar-refractivity contribution is 9.10. The van der Waals surface area contributed by atoms with Gasteiger partial charge in [-0.05, 0) is 42.3 Å². The molecule has 0 aliphatic heterocycles. The third-order valence-corrected chi connectivity index (χ3v) is 3.16. The first-order valence-electron chi connectivity index (χ1n) is 5.28. The lowest BCUT2D eigenvalue weighted by molar-refractivity contribution is 0.304. The monoisotopic (exact) mass is 310 g/mol. The molecule has 0 bridgehead atoms. The molecule has 0 spiro atoms. The molecule has 2 aromatic carbocycles. The highest BCUT2D eigenvalue weighted by atomic mass is 79.9. The van der Waals surface area contributed by atoms with Gasteiger partial charge in [-0.15, -0.1) is 0 Å². The van der Waals surface area contributed by atoms with Crippen molar-refractivity contribution in [2.24, 2.45) is 0 Å². The minimum absolute atomic E-state index is 0.542. The van der Waals surface area contributed by atoms with Gasteiger partial charge in [0.15, 0.2) is 0 Å². The molecule has 17 heavy (non-hydrogen) atoms. The maximum atomic E-state index is 5.94. The van der Waals surface area contributed by atoms with E-state index in [0.29, 0.717) is 11.6 Å². The van der Waals surface area contributed by atoms with Gasteiger partial charge in [0, 0.05) is 9.50 Å². The van der Waals surface area contributed by atoms with E-state index in [9.17, 15) is 0 Å². The molecule has 2 aromatic rings. The van der Waals surface area contributed by atoms with E-state index in [1.165, 1.54) is 0 Å². The number of halogens is 2. The molecule has 0 aliphatic rings. The average Bonchev–Trinajstić information content (AvgIpc) is 2.30. The van der Waals surface area contributed by atoms with Crippen molar-refractivity contribution in [3.63, 3.8) is 0 Å². The second-order valence-corrected chi connectivity index (χ2v) is 5.18. The molecule has 0 N–H and O–H groups in total. The molecule has 1 nitrogen and oxygen atoms in total. The third kappa shape index (κ3) is 3.48. The first kappa shape index (κ1) is 12.5. The summed E-state index contributed by atoms with van der Waals surface area (Å²) in [5, 5.41) is 0.694. The molecule has 0 heterocycles. The van der Waals surface area contributed by atoms with Crippen molar-refractivity contribution in [3.05, 3.63) is 63.1 Å². The molecule has 0 saturated heterocycles. The van der Waals surface area contributed by atoms with E-state index >= 15 is 0 Å². The number of rotatable bonds is 3. The molecule has 88 valence electrons. The van der Waals surface area contributed by atoms with Gasteiger partial charge in [-0.3, -0.25) is 0 Å². The summed E-state index contributed by atoms with van der Waals surface area (Å²) < 4.78 is 6.81. The van der Waals surface area contributed by atoms with Crippen LogP contribution in [-0.4, -0.2) is 0 Å². The molecule has 0 radical (unpaired) electrons. The first-order valence-corrected chi connectivity index (χ1v) is 6.45. The summed E-state index contributed by atoms with van der Waals surface area (Å²) in [6.07, 6.45) is 0. The molecule has 2 rings (SSSR count). The van der Waals surface area contributed by atoms with Crippen molar-refractivity contribution in [2.75, 3.05) is 0 Å². The Morgan fingerprint density at radius 1 is 1.18 bits per heavy atom. The number of benzene rings is 2. The van der Waals surface area contributed by atoms with Gasteiger partial charge in [0.1, 0.15) is 12.4 Å². The predicted molar refractivity (Wildman–Crippen MR) is 74.7 cm³/mol. The van der Waals surface area contributed by atoms with E-state index in [0.717, 1.165) is 21.3 Å². The first-order chi connectivity index (χ1) is 8.15. The normalized spacial score (nSPS) is 10.3. The summed E-state index contributed by atoms with van der Waals surface area (Å²) in [4.78, 5) is 0. The lowest BCUT2D eigenvalue weighted by Crippen LogP contribution is -1.96. The summed E-state index contributed by atoms with van der Waals surface area (Å²) in [5.41, 5.74) is 2.21. The standard InChI is InChI=1S/C14H12BrClO/c1-10-5-6-13(16)8-14(10)17-9-11-3-2-4-12(15)7-11/h2-8H,9H2,1H3. The van der Waals surface area contributed by atoms with Crippen molar-refractivity contribution in [1.29, 1.82) is 0 Å². The van der Waals surface area contributed by atoms with Gasteiger partial charge in [0.05, 0.1) is 0 Å². The molecular weight excluding hydrogens is 300 g/mol. The molecular formula is C14H12BrClO. The highest BCUT2D eigenvalue weighted by Gasteiger charge is 2.01. The Kier molecular flexibility index (Phi) is 4.08. The summed E-state index contributed by atoms with van der Waals surface area (Å²) in [7, 11) is 0. The number of aryl methyl sites for hydroxylation is 1. The number of hydrogen-bond donors (Lipinski definition) is 0. The number of ether oxygens (including phenoxy) is 1. The van der Waals surface area contributed by atoms with Crippen molar-refractivity contribution in [1.82, 2.24) is 0 Å². The molecule has 3 heteroatoms. The molecule has 0 saturated carbocycles. The second kappa shape index (κ2) is 5.56. The van der Waals surface area contributed by atoms with Crippen LogP contribution in [0.2, 0.25) is 5.02 Å². The number of hydrogen-bond acceptors (Lipinski definition) is 1. The third-order valence-electron chi connectivity index (χ3n) is 2.43. The van der Waals surface area contributed by atoms with Crippen molar-refractivity contribution >= 4 is 27.5 Å². The van der Waals surface area contributed by atoms with Crippen LogP contribution in [0.1, 0.15) is 11.1 Å². The maximum absolute atomic E-state index is 5.94. The summed E-state index contributed by atoms with van der Waals surface area (Å²) in [6, 6.07) is 13.7. The van der Waals surface area contributed by atoms with E-state index in [2.05, 4.69) is 15.9 Å². The maximum Gasteiger partial charge on any atom is 0.124 e. The SMILES string of the molecule is Cc1ccc(Cl)cc1OCc1cccc(Br)c1. The Morgan fingerprint density at radius 2 is 2.00 bits per heavy atom. The van der Waals surface area contributed by atoms with Crippen molar-refractivity contribution < 1.29 is 4.74 Å². The largest absolute Gasteiger partial charge is 0.489 e. The quantitative estimate of drug-likeness (QED) is 0.776. The molecule has 0 aromatic heterocycles. The zero-order valence-corrected chi connectivity index (χ0v) is 11.8. The van der Waals surface area contributed by atoms with Gasteiger partial charge in [-0.2, -0.15) is 0 Å². The molecule has 0 atom stereocenters. The zero-order valence-electron chi connectivity index (χ0n) is 9.41. The lowest BCUT2D eigenvalue weighted by atomic mass is 10.2. The summed E-state index contributed by atoms with van der Waals surface area (Å²) in [5.74, 6) is 0.831. The van der Waals surface area contributed by atoms with Crippen molar-refractivity contribution in [2.45, 2.75) is 13.5 Å². The van der Waals surface area contributed by atoms with Gasteiger partial charge in [-0.1, -0.05) is 45.7 Å². The van der Waals surface area contributed by atoms with Crippen LogP contribution >= 0.6 is 27.5 Å². The molecule has 0 unspecified atom stereocenters. The fourth-order valence-electron chi connectivity index (χ4n) is 1.52. The van der Waals surface area contributed by atoms with Crippen LogP contribution in [0, 0.1) is 6.92 Å². The van der Waals surface area contributed by atoms with E-state index in [1.807, 2.05) is 49.4 Å². The van der Waals surface area contributed by atoms with Gasteiger partial charge in [0.25, 0.3) is 0 Å².